The highest BCUT2D eigenvalue weighted by Crippen LogP contribution is 2.22. The van der Waals surface area contributed by atoms with Crippen molar-refractivity contribution in [3.05, 3.63) is 64.4 Å². The number of rotatable bonds is 5. The van der Waals surface area contributed by atoms with Crippen molar-refractivity contribution in [2.45, 2.75) is 0 Å². The number of carbonyl (C=O) groups is 2. The fourth-order valence-electron chi connectivity index (χ4n) is 2.07. The van der Waals surface area contributed by atoms with Gasteiger partial charge in [-0.1, -0.05) is 23.7 Å². The summed E-state index contributed by atoms with van der Waals surface area (Å²) in [6.45, 7) is -0.547. The van der Waals surface area contributed by atoms with E-state index in [1.807, 2.05) is 24.3 Å². The molecule has 3 aromatic rings. The van der Waals surface area contributed by atoms with Crippen molar-refractivity contribution in [2.24, 2.45) is 0 Å². The molecule has 0 spiro atoms. The maximum Gasteiger partial charge on any atom is 0.331 e. The van der Waals surface area contributed by atoms with Crippen LogP contribution in [0.1, 0.15) is 5.01 Å². The molecule has 0 aliphatic carbocycles. The molecule has 2 aromatic carbocycles. The van der Waals surface area contributed by atoms with Crippen LogP contribution < -0.4 is 5.32 Å². The Kier molecular flexibility index (Phi) is 5.60. The number of nitrogens with zero attached hydrogens (tertiary/aromatic N) is 1. The van der Waals surface area contributed by atoms with Gasteiger partial charge in [-0.15, -0.1) is 11.3 Å². The summed E-state index contributed by atoms with van der Waals surface area (Å²) in [5.41, 5.74) is 0.761. The van der Waals surface area contributed by atoms with Gasteiger partial charge in [-0.05, 0) is 36.4 Å². The first-order chi connectivity index (χ1) is 12.5. The second kappa shape index (κ2) is 8.07. The van der Waals surface area contributed by atoms with Gasteiger partial charge in [0.1, 0.15) is 10.8 Å². The van der Waals surface area contributed by atoms with Crippen LogP contribution in [0, 0.1) is 5.82 Å². The molecule has 0 aliphatic heterocycles. The standard InChI is InChI=1S/C18H12ClFN2O3S/c19-11-5-6-12(20)14(9-11)21-16(23)10-25-18(24)8-7-17-22-13-3-1-2-4-15(13)26-17/h1-9H,10H2,(H,21,23)/b8-7+. The van der Waals surface area contributed by atoms with Gasteiger partial charge in [-0.3, -0.25) is 4.79 Å². The number of ether oxygens (including phenoxy) is 1. The van der Waals surface area contributed by atoms with Crippen LogP contribution in [0.4, 0.5) is 10.1 Å². The summed E-state index contributed by atoms with van der Waals surface area (Å²) in [4.78, 5) is 27.8. The molecule has 0 bridgehead atoms. The van der Waals surface area contributed by atoms with Gasteiger partial charge in [0.15, 0.2) is 6.61 Å². The Morgan fingerprint density at radius 3 is 2.88 bits per heavy atom. The molecule has 1 N–H and O–H groups in total. The largest absolute Gasteiger partial charge is 0.452 e. The number of benzene rings is 2. The molecule has 0 unspecified atom stereocenters. The third-order valence-electron chi connectivity index (χ3n) is 3.22. The zero-order valence-electron chi connectivity index (χ0n) is 13.2. The number of esters is 1. The molecule has 1 heterocycles. The highest BCUT2D eigenvalue weighted by molar-refractivity contribution is 7.19. The van der Waals surface area contributed by atoms with Gasteiger partial charge in [0.25, 0.3) is 5.91 Å². The Hall–Kier alpha value is -2.77. The summed E-state index contributed by atoms with van der Waals surface area (Å²) in [6, 6.07) is 11.4. The van der Waals surface area contributed by atoms with Gasteiger partial charge in [0.05, 0.1) is 15.9 Å². The van der Waals surface area contributed by atoms with Gasteiger partial charge in [0.2, 0.25) is 0 Å². The molecule has 1 amide bonds. The van der Waals surface area contributed by atoms with Crippen molar-refractivity contribution < 1.29 is 18.7 Å². The zero-order chi connectivity index (χ0) is 18.5. The molecule has 0 atom stereocenters. The Morgan fingerprint density at radius 1 is 1.27 bits per heavy atom. The first-order valence-corrected chi connectivity index (χ1v) is 8.66. The maximum absolute atomic E-state index is 13.5. The van der Waals surface area contributed by atoms with Crippen LogP contribution >= 0.6 is 22.9 Å². The fourth-order valence-corrected chi connectivity index (χ4v) is 3.11. The predicted octanol–water partition coefficient (Wildman–Crippen LogP) is 4.28. The summed E-state index contributed by atoms with van der Waals surface area (Å²) in [7, 11) is 0. The smallest absolute Gasteiger partial charge is 0.331 e. The van der Waals surface area contributed by atoms with E-state index in [1.54, 1.807) is 0 Å². The molecule has 0 saturated heterocycles. The van der Waals surface area contributed by atoms with Gasteiger partial charge in [-0.2, -0.15) is 0 Å². The first kappa shape index (κ1) is 18.0. The topological polar surface area (TPSA) is 68.3 Å². The van der Waals surface area contributed by atoms with E-state index in [9.17, 15) is 14.0 Å². The van der Waals surface area contributed by atoms with Gasteiger partial charge in [0, 0.05) is 11.1 Å². The van der Waals surface area contributed by atoms with E-state index < -0.39 is 24.3 Å². The number of para-hydroxylation sites is 1. The summed E-state index contributed by atoms with van der Waals surface area (Å²) < 4.78 is 19.4. The Morgan fingerprint density at radius 2 is 2.08 bits per heavy atom. The molecule has 0 saturated carbocycles. The number of aromatic nitrogens is 1. The first-order valence-electron chi connectivity index (χ1n) is 7.46. The Bertz CT molecular complexity index is 970. The van der Waals surface area contributed by atoms with E-state index in [1.165, 1.54) is 35.6 Å². The Labute approximate surface area is 157 Å². The molecule has 5 nitrogen and oxygen atoms in total. The molecule has 0 radical (unpaired) electrons. The summed E-state index contributed by atoms with van der Waals surface area (Å²) >= 11 is 7.17. The fraction of sp³-hybridized carbons (Fsp3) is 0.0556. The molecule has 3 rings (SSSR count). The van der Waals surface area contributed by atoms with Crippen molar-refractivity contribution in [1.29, 1.82) is 0 Å². The average Bonchev–Trinajstić information content (AvgIpc) is 3.04. The molecule has 132 valence electrons. The van der Waals surface area contributed by atoms with E-state index in [0.29, 0.717) is 5.01 Å². The summed E-state index contributed by atoms with van der Waals surface area (Å²) in [6.07, 6.45) is 2.70. The third-order valence-corrected chi connectivity index (χ3v) is 4.46. The summed E-state index contributed by atoms with van der Waals surface area (Å²) in [5.74, 6) is -2.01. The minimum Gasteiger partial charge on any atom is -0.452 e. The van der Waals surface area contributed by atoms with Crippen LogP contribution in [0.3, 0.4) is 0 Å². The highest BCUT2D eigenvalue weighted by Gasteiger charge is 2.10. The summed E-state index contributed by atoms with van der Waals surface area (Å²) in [5, 5.41) is 3.21. The number of anilines is 1. The van der Waals surface area contributed by atoms with Crippen molar-refractivity contribution in [3.8, 4) is 0 Å². The lowest BCUT2D eigenvalue weighted by Crippen LogP contribution is -2.20. The number of fused-ring (bicyclic) bond motifs is 1. The minimum atomic E-state index is -0.703. The molecular formula is C18H12ClFN2O3S. The molecule has 8 heteroatoms. The van der Waals surface area contributed by atoms with E-state index in [0.717, 1.165) is 16.3 Å². The quantitative estimate of drug-likeness (QED) is 0.521. The second-order valence-electron chi connectivity index (χ2n) is 5.13. The van der Waals surface area contributed by atoms with Crippen LogP contribution in [-0.4, -0.2) is 23.5 Å². The lowest BCUT2D eigenvalue weighted by molar-refractivity contribution is -0.142. The zero-order valence-corrected chi connectivity index (χ0v) is 14.8. The number of carbonyl (C=O) groups excluding carboxylic acids is 2. The molecule has 1 aromatic heterocycles. The van der Waals surface area contributed by atoms with Crippen LogP contribution in [0.15, 0.2) is 48.5 Å². The predicted molar refractivity (Wildman–Crippen MR) is 99.7 cm³/mol. The molecule has 0 fully saturated rings. The Balaban J connectivity index is 1.53. The van der Waals surface area contributed by atoms with Crippen LogP contribution in [0.25, 0.3) is 16.3 Å². The lowest BCUT2D eigenvalue weighted by atomic mass is 10.3. The van der Waals surface area contributed by atoms with Crippen molar-refractivity contribution in [1.82, 2.24) is 4.98 Å². The van der Waals surface area contributed by atoms with E-state index in [4.69, 9.17) is 16.3 Å². The van der Waals surface area contributed by atoms with Gasteiger partial charge in [-0.25, -0.2) is 14.2 Å². The van der Waals surface area contributed by atoms with Crippen LogP contribution in [-0.2, 0) is 14.3 Å². The number of amides is 1. The lowest BCUT2D eigenvalue weighted by Gasteiger charge is -2.06. The van der Waals surface area contributed by atoms with Crippen molar-refractivity contribution >= 4 is 56.8 Å². The van der Waals surface area contributed by atoms with E-state index >= 15 is 0 Å². The number of thiazole rings is 1. The van der Waals surface area contributed by atoms with Gasteiger partial charge >= 0.3 is 5.97 Å². The van der Waals surface area contributed by atoms with Crippen LogP contribution in [0.2, 0.25) is 5.02 Å². The normalized spacial score (nSPS) is 11.0. The molecular weight excluding hydrogens is 379 g/mol. The second-order valence-corrected chi connectivity index (χ2v) is 6.63. The number of halogens is 2. The van der Waals surface area contributed by atoms with Crippen LogP contribution in [0.5, 0.6) is 0 Å². The minimum absolute atomic E-state index is 0.0800. The molecule has 26 heavy (non-hydrogen) atoms. The van der Waals surface area contributed by atoms with Crippen molar-refractivity contribution in [2.75, 3.05) is 11.9 Å². The average molecular weight is 391 g/mol. The third kappa shape index (κ3) is 4.65. The number of hydrogen-bond acceptors (Lipinski definition) is 5. The SMILES string of the molecule is O=C(COC(=O)/C=C/c1nc2ccccc2s1)Nc1cc(Cl)ccc1F. The van der Waals surface area contributed by atoms with E-state index in [-0.39, 0.29) is 10.7 Å². The number of nitrogens with one attached hydrogen (secondary N) is 1. The van der Waals surface area contributed by atoms with Gasteiger partial charge < -0.3 is 10.1 Å². The molecule has 0 aliphatic rings. The van der Waals surface area contributed by atoms with Crippen molar-refractivity contribution in [3.63, 3.8) is 0 Å². The maximum atomic E-state index is 13.5. The monoisotopic (exact) mass is 390 g/mol. The number of hydrogen-bond donors (Lipinski definition) is 1. The highest BCUT2D eigenvalue weighted by atomic mass is 35.5. The van der Waals surface area contributed by atoms with E-state index in [2.05, 4.69) is 10.3 Å².